The average molecular weight is 416 g/mol. The number of likely N-dealkylation sites (tertiary alicyclic amines) is 1. The van der Waals surface area contributed by atoms with Crippen LogP contribution in [0.1, 0.15) is 46.4 Å². The predicted molar refractivity (Wildman–Crippen MR) is 116 cm³/mol. The van der Waals surface area contributed by atoms with Crippen molar-refractivity contribution in [2.75, 3.05) is 13.1 Å². The SMILES string of the molecule is Cc1cc(C(=O)N2CCC(c3nc(-c4ccccc4)no3)CC2)c2c(C)nn(C)c2n1. The van der Waals surface area contributed by atoms with Crippen LogP contribution in [-0.4, -0.2) is 48.8 Å². The van der Waals surface area contributed by atoms with Gasteiger partial charge in [-0.15, -0.1) is 0 Å². The smallest absolute Gasteiger partial charge is 0.254 e. The Hall–Kier alpha value is -3.55. The number of hydrogen-bond acceptors (Lipinski definition) is 6. The Balaban J connectivity index is 1.33. The van der Waals surface area contributed by atoms with Gasteiger partial charge in [-0.05, 0) is 32.8 Å². The van der Waals surface area contributed by atoms with Crippen LogP contribution in [0.2, 0.25) is 0 Å². The third kappa shape index (κ3) is 3.48. The van der Waals surface area contributed by atoms with Crippen LogP contribution in [0.25, 0.3) is 22.4 Å². The molecular formula is C23H24N6O2. The van der Waals surface area contributed by atoms with E-state index >= 15 is 0 Å². The third-order valence-electron chi connectivity index (χ3n) is 5.93. The first kappa shape index (κ1) is 19.4. The number of carbonyl (C=O) groups is 1. The zero-order valence-electron chi connectivity index (χ0n) is 17.9. The molecule has 158 valence electrons. The maximum absolute atomic E-state index is 13.4. The lowest BCUT2D eigenvalue weighted by Crippen LogP contribution is -2.38. The topological polar surface area (TPSA) is 89.9 Å². The van der Waals surface area contributed by atoms with Gasteiger partial charge in [0, 0.05) is 37.3 Å². The summed E-state index contributed by atoms with van der Waals surface area (Å²) >= 11 is 0. The molecule has 5 rings (SSSR count). The summed E-state index contributed by atoms with van der Waals surface area (Å²) in [7, 11) is 1.86. The Morgan fingerprint density at radius 1 is 1.10 bits per heavy atom. The number of pyridine rings is 1. The molecule has 3 aromatic heterocycles. The minimum atomic E-state index is 0.0283. The molecule has 4 aromatic rings. The van der Waals surface area contributed by atoms with E-state index in [0.29, 0.717) is 30.4 Å². The Morgan fingerprint density at radius 2 is 1.84 bits per heavy atom. The molecule has 1 aliphatic rings. The number of nitrogens with zero attached hydrogens (tertiary/aromatic N) is 6. The molecule has 1 saturated heterocycles. The maximum Gasteiger partial charge on any atom is 0.254 e. The summed E-state index contributed by atoms with van der Waals surface area (Å²) < 4.78 is 7.28. The molecule has 4 heterocycles. The van der Waals surface area contributed by atoms with Crippen LogP contribution in [0.15, 0.2) is 40.9 Å². The van der Waals surface area contributed by atoms with Gasteiger partial charge in [0.05, 0.1) is 16.6 Å². The number of aromatic nitrogens is 5. The molecule has 31 heavy (non-hydrogen) atoms. The van der Waals surface area contributed by atoms with E-state index in [0.717, 1.165) is 40.8 Å². The van der Waals surface area contributed by atoms with E-state index in [1.807, 2.05) is 62.2 Å². The lowest BCUT2D eigenvalue weighted by atomic mass is 9.96. The van der Waals surface area contributed by atoms with Gasteiger partial charge < -0.3 is 9.42 Å². The van der Waals surface area contributed by atoms with Crippen LogP contribution in [0.4, 0.5) is 0 Å². The van der Waals surface area contributed by atoms with Crippen LogP contribution >= 0.6 is 0 Å². The van der Waals surface area contributed by atoms with Gasteiger partial charge in [0.25, 0.3) is 5.91 Å². The van der Waals surface area contributed by atoms with E-state index in [4.69, 9.17) is 4.52 Å². The lowest BCUT2D eigenvalue weighted by molar-refractivity contribution is 0.0706. The number of carbonyl (C=O) groups excluding carboxylic acids is 1. The molecular weight excluding hydrogens is 392 g/mol. The van der Waals surface area contributed by atoms with Crippen molar-refractivity contribution in [2.45, 2.75) is 32.6 Å². The highest BCUT2D eigenvalue weighted by Crippen LogP contribution is 2.30. The number of benzene rings is 1. The minimum absolute atomic E-state index is 0.0283. The monoisotopic (exact) mass is 416 g/mol. The number of amides is 1. The van der Waals surface area contributed by atoms with Crippen LogP contribution < -0.4 is 0 Å². The first-order valence-electron chi connectivity index (χ1n) is 10.5. The van der Waals surface area contributed by atoms with E-state index in [1.54, 1.807) is 4.68 Å². The zero-order valence-corrected chi connectivity index (χ0v) is 17.9. The minimum Gasteiger partial charge on any atom is -0.339 e. The van der Waals surface area contributed by atoms with E-state index in [1.165, 1.54) is 0 Å². The molecule has 0 radical (unpaired) electrons. The van der Waals surface area contributed by atoms with E-state index in [2.05, 4.69) is 20.2 Å². The van der Waals surface area contributed by atoms with Crippen LogP contribution in [0.5, 0.6) is 0 Å². The van der Waals surface area contributed by atoms with Crippen molar-refractivity contribution < 1.29 is 9.32 Å². The van der Waals surface area contributed by atoms with Gasteiger partial charge in [0.2, 0.25) is 11.7 Å². The molecule has 8 heteroatoms. The summed E-state index contributed by atoms with van der Waals surface area (Å²) in [6.07, 6.45) is 1.59. The molecule has 0 aliphatic carbocycles. The molecule has 1 fully saturated rings. The number of piperidine rings is 1. The quantitative estimate of drug-likeness (QED) is 0.506. The highest BCUT2D eigenvalue weighted by molar-refractivity contribution is 6.06. The Kier molecular flexibility index (Phi) is 4.77. The van der Waals surface area contributed by atoms with Gasteiger partial charge in [0.1, 0.15) is 0 Å². The maximum atomic E-state index is 13.4. The lowest BCUT2D eigenvalue weighted by Gasteiger charge is -2.30. The van der Waals surface area contributed by atoms with Crippen molar-refractivity contribution in [3.63, 3.8) is 0 Å². The molecule has 0 spiro atoms. The second-order valence-electron chi connectivity index (χ2n) is 8.11. The summed E-state index contributed by atoms with van der Waals surface area (Å²) in [4.78, 5) is 24.4. The molecule has 1 aromatic carbocycles. The van der Waals surface area contributed by atoms with Crippen molar-refractivity contribution in [1.29, 1.82) is 0 Å². The summed E-state index contributed by atoms with van der Waals surface area (Å²) in [5.74, 6) is 1.45. The summed E-state index contributed by atoms with van der Waals surface area (Å²) in [6, 6.07) is 11.7. The molecule has 8 nitrogen and oxygen atoms in total. The summed E-state index contributed by atoms with van der Waals surface area (Å²) in [6.45, 7) is 5.12. The highest BCUT2D eigenvalue weighted by atomic mass is 16.5. The summed E-state index contributed by atoms with van der Waals surface area (Å²) in [5.41, 5.74) is 4.00. The first-order valence-corrected chi connectivity index (χ1v) is 10.5. The molecule has 0 saturated carbocycles. The molecule has 0 unspecified atom stereocenters. The van der Waals surface area contributed by atoms with Crippen molar-refractivity contribution in [3.05, 3.63) is 59.2 Å². The molecule has 0 bridgehead atoms. The number of hydrogen-bond donors (Lipinski definition) is 0. The van der Waals surface area contributed by atoms with Crippen molar-refractivity contribution in [2.24, 2.45) is 7.05 Å². The Labute approximate surface area is 179 Å². The van der Waals surface area contributed by atoms with Crippen molar-refractivity contribution >= 4 is 16.9 Å². The van der Waals surface area contributed by atoms with Gasteiger partial charge in [-0.2, -0.15) is 10.1 Å². The predicted octanol–water partition coefficient (Wildman–Crippen LogP) is 3.65. The standard InChI is InChI=1S/C23H24N6O2/c1-14-13-18(19-15(2)26-28(3)21(19)24-14)23(30)29-11-9-17(10-12-29)22-25-20(27-31-22)16-7-5-4-6-8-16/h4-8,13,17H,9-12H2,1-3H3. The fraction of sp³-hybridized carbons (Fsp3) is 0.348. The van der Waals surface area contributed by atoms with E-state index in [-0.39, 0.29) is 11.8 Å². The van der Waals surface area contributed by atoms with Gasteiger partial charge in [-0.3, -0.25) is 9.48 Å². The summed E-state index contributed by atoms with van der Waals surface area (Å²) in [5, 5.41) is 9.43. The zero-order chi connectivity index (χ0) is 21.5. The molecule has 1 amide bonds. The van der Waals surface area contributed by atoms with Crippen molar-refractivity contribution in [1.82, 2.24) is 29.8 Å². The second kappa shape index (κ2) is 7.61. The largest absolute Gasteiger partial charge is 0.339 e. The highest BCUT2D eigenvalue weighted by Gasteiger charge is 2.29. The van der Waals surface area contributed by atoms with Gasteiger partial charge in [0.15, 0.2) is 5.65 Å². The van der Waals surface area contributed by atoms with E-state index in [9.17, 15) is 4.79 Å². The normalized spacial score (nSPS) is 15.0. The van der Waals surface area contributed by atoms with Crippen molar-refractivity contribution in [3.8, 4) is 11.4 Å². The molecule has 0 atom stereocenters. The molecule has 1 aliphatic heterocycles. The fourth-order valence-corrected chi connectivity index (χ4v) is 4.34. The van der Waals surface area contributed by atoms with Gasteiger partial charge >= 0.3 is 0 Å². The number of fused-ring (bicyclic) bond motifs is 1. The number of rotatable bonds is 3. The first-order chi connectivity index (χ1) is 15.0. The van der Waals surface area contributed by atoms with Crippen LogP contribution in [-0.2, 0) is 7.05 Å². The Bertz CT molecular complexity index is 1250. The van der Waals surface area contributed by atoms with Crippen LogP contribution in [0, 0.1) is 13.8 Å². The second-order valence-corrected chi connectivity index (χ2v) is 8.11. The fourth-order valence-electron chi connectivity index (χ4n) is 4.34. The number of aryl methyl sites for hydroxylation is 3. The van der Waals surface area contributed by atoms with Gasteiger partial charge in [-0.1, -0.05) is 35.5 Å². The van der Waals surface area contributed by atoms with E-state index < -0.39 is 0 Å². The van der Waals surface area contributed by atoms with Crippen LogP contribution in [0.3, 0.4) is 0 Å². The van der Waals surface area contributed by atoms with Gasteiger partial charge in [-0.25, -0.2) is 4.98 Å². The molecule has 0 N–H and O–H groups in total. The third-order valence-corrected chi connectivity index (χ3v) is 5.93. The average Bonchev–Trinajstić information content (AvgIpc) is 3.39. The Morgan fingerprint density at radius 3 is 2.58 bits per heavy atom.